The zero-order valence-electron chi connectivity index (χ0n) is 9.46. The number of nitrogens with one attached hydrogen (secondary N) is 1. The lowest BCUT2D eigenvalue weighted by Gasteiger charge is -2.02. The third-order valence-electron chi connectivity index (χ3n) is 2.66. The molecule has 0 aromatic carbocycles. The monoisotopic (exact) mass is 268 g/mol. The largest absolute Gasteiger partial charge is 0.477 e. The van der Waals surface area contributed by atoms with Gasteiger partial charge >= 0.3 is 5.97 Å². The maximum atomic E-state index is 11.8. The summed E-state index contributed by atoms with van der Waals surface area (Å²) in [6, 6.07) is 1.24. The molecule has 0 saturated heterocycles. The van der Waals surface area contributed by atoms with E-state index < -0.39 is 16.0 Å². The van der Waals surface area contributed by atoms with Crippen LogP contribution in [0.1, 0.15) is 29.4 Å². The van der Waals surface area contributed by atoms with Gasteiger partial charge in [0.15, 0.2) is 0 Å². The number of sulfonamides is 1. The summed E-state index contributed by atoms with van der Waals surface area (Å²) >= 11 is 0. The molecule has 2 N–H and O–H groups in total. The summed E-state index contributed by atoms with van der Waals surface area (Å²) in [4.78, 5) is 11.0. The smallest absolute Gasteiger partial charge is 0.352 e. The first-order valence-electron chi connectivity index (χ1n) is 5.34. The number of hydrogen-bond donors (Lipinski definition) is 2. The molecule has 0 amide bonds. The Morgan fingerprint density at radius 1 is 1.61 bits per heavy atom. The lowest BCUT2D eigenvalue weighted by atomic mass is 10.4. The molecule has 0 unspecified atom stereocenters. The second kappa shape index (κ2) is 4.48. The van der Waals surface area contributed by atoms with Gasteiger partial charge in [-0.25, -0.2) is 13.2 Å². The van der Waals surface area contributed by atoms with E-state index in [1.165, 1.54) is 10.8 Å². The summed E-state index contributed by atoms with van der Waals surface area (Å²) in [6.45, 7) is -0.126. The molecule has 1 aliphatic rings. The fourth-order valence-corrected chi connectivity index (χ4v) is 2.61. The van der Waals surface area contributed by atoms with Crippen LogP contribution in [-0.4, -0.2) is 30.6 Å². The normalized spacial score (nSPS) is 15.3. The zero-order valence-corrected chi connectivity index (χ0v) is 10.3. The molecule has 1 aromatic rings. The SMILES string of the molecule is C#CCNS(=O)(=O)c1cc(C(=O)O)n(C2CC2)c1. The highest BCUT2D eigenvalue weighted by atomic mass is 32.2. The maximum Gasteiger partial charge on any atom is 0.352 e. The fraction of sp³-hybridized carbons (Fsp3) is 0.364. The Labute approximate surface area is 105 Å². The minimum atomic E-state index is -3.74. The van der Waals surface area contributed by atoms with Gasteiger partial charge in [0.05, 0.1) is 6.54 Å². The molecule has 0 radical (unpaired) electrons. The standard InChI is InChI=1S/C11H12N2O4S/c1-2-5-12-18(16,17)9-6-10(11(14)15)13(7-9)8-3-4-8/h1,6-8,12H,3-5H2,(H,14,15). The second-order valence-electron chi connectivity index (χ2n) is 4.03. The van der Waals surface area contributed by atoms with Crippen molar-refractivity contribution >= 4 is 16.0 Å². The lowest BCUT2D eigenvalue weighted by molar-refractivity contribution is 0.0685. The molecule has 18 heavy (non-hydrogen) atoms. The minimum Gasteiger partial charge on any atom is -0.477 e. The highest BCUT2D eigenvalue weighted by molar-refractivity contribution is 7.89. The number of nitrogens with zero attached hydrogens (tertiary/aromatic N) is 1. The van der Waals surface area contributed by atoms with Crippen molar-refractivity contribution in [1.29, 1.82) is 0 Å². The molecule has 2 rings (SSSR count). The molecule has 1 fully saturated rings. The summed E-state index contributed by atoms with van der Waals surface area (Å²) in [5.41, 5.74) is -0.0152. The Hall–Kier alpha value is -1.78. The quantitative estimate of drug-likeness (QED) is 0.758. The Morgan fingerprint density at radius 3 is 2.78 bits per heavy atom. The Bertz CT molecular complexity index is 620. The summed E-state index contributed by atoms with van der Waals surface area (Å²) in [5.74, 6) is 1.02. The van der Waals surface area contributed by atoms with Crippen molar-refractivity contribution in [2.24, 2.45) is 0 Å². The number of aromatic nitrogens is 1. The third-order valence-corrected chi connectivity index (χ3v) is 4.03. The van der Waals surface area contributed by atoms with E-state index in [-0.39, 0.29) is 23.2 Å². The number of carboxylic acid groups (broad SMARTS) is 1. The number of aromatic carboxylic acids is 1. The molecule has 0 atom stereocenters. The van der Waals surface area contributed by atoms with Crippen molar-refractivity contribution in [3.63, 3.8) is 0 Å². The number of carboxylic acids is 1. The number of hydrogen-bond acceptors (Lipinski definition) is 3. The van der Waals surface area contributed by atoms with E-state index in [1.54, 1.807) is 0 Å². The molecule has 1 aromatic heterocycles. The van der Waals surface area contributed by atoms with Gasteiger partial charge in [0.2, 0.25) is 10.0 Å². The number of rotatable bonds is 5. The second-order valence-corrected chi connectivity index (χ2v) is 5.80. The Balaban J connectivity index is 2.38. The van der Waals surface area contributed by atoms with Crippen LogP contribution >= 0.6 is 0 Å². The average molecular weight is 268 g/mol. The van der Waals surface area contributed by atoms with Crippen molar-refractivity contribution in [3.05, 3.63) is 18.0 Å². The van der Waals surface area contributed by atoms with Gasteiger partial charge in [0, 0.05) is 12.2 Å². The van der Waals surface area contributed by atoms with Crippen molar-refractivity contribution in [2.75, 3.05) is 6.54 Å². The van der Waals surface area contributed by atoms with Crippen LogP contribution in [0.2, 0.25) is 0 Å². The van der Waals surface area contributed by atoms with E-state index in [2.05, 4.69) is 10.6 Å². The van der Waals surface area contributed by atoms with Gasteiger partial charge in [-0.1, -0.05) is 5.92 Å². The first-order valence-corrected chi connectivity index (χ1v) is 6.82. The molecule has 7 heteroatoms. The van der Waals surface area contributed by atoms with Crippen LogP contribution < -0.4 is 4.72 Å². The first-order chi connectivity index (χ1) is 8.45. The predicted molar refractivity (Wildman–Crippen MR) is 63.7 cm³/mol. The summed E-state index contributed by atoms with van der Waals surface area (Å²) in [7, 11) is -3.74. The molecule has 1 aliphatic carbocycles. The van der Waals surface area contributed by atoms with Gasteiger partial charge in [-0.05, 0) is 18.9 Å². The molecule has 1 heterocycles. The van der Waals surface area contributed by atoms with Gasteiger partial charge in [0.25, 0.3) is 0 Å². The predicted octanol–water partition coefficient (Wildman–Crippen LogP) is 0.433. The van der Waals surface area contributed by atoms with Crippen molar-refractivity contribution in [1.82, 2.24) is 9.29 Å². The molecule has 96 valence electrons. The maximum absolute atomic E-state index is 11.8. The highest BCUT2D eigenvalue weighted by Gasteiger charge is 2.30. The van der Waals surface area contributed by atoms with Gasteiger partial charge < -0.3 is 9.67 Å². The topological polar surface area (TPSA) is 88.4 Å². The minimum absolute atomic E-state index is 0.0152. The number of terminal acetylenes is 1. The van der Waals surface area contributed by atoms with Crippen LogP contribution in [0.3, 0.4) is 0 Å². The average Bonchev–Trinajstić information content (AvgIpc) is 3.04. The summed E-state index contributed by atoms with van der Waals surface area (Å²) in [6.07, 6.45) is 8.06. The highest BCUT2D eigenvalue weighted by Crippen LogP contribution is 2.37. The van der Waals surface area contributed by atoms with Crippen molar-refractivity contribution < 1.29 is 18.3 Å². The first kappa shape index (κ1) is 12.7. The van der Waals surface area contributed by atoms with Crippen LogP contribution in [0.5, 0.6) is 0 Å². The van der Waals surface area contributed by atoms with E-state index in [0.717, 1.165) is 18.9 Å². The fourth-order valence-electron chi connectivity index (χ4n) is 1.65. The van der Waals surface area contributed by atoms with E-state index in [0.29, 0.717) is 0 Å². The van der Waals surface area contributed by atoms with E-state index in [4.69, 9.17) is 11.5 Å². The van der Waals surface area contributed by atoms with E-state index in [1.807, 2.05) is 0 Å². The molecule has 1 saturated carbocycles. The molecule has 0 spiro atoms. The summed E-state index contributed by atoms with van der Waals surface area (Å²) < 4.78 is 27.3. The number of carbonyl (C=O) groups is 1. The molecule has 0 bridgehead atoms. The molecular formula is C11H12N2O4S. The van der Waals surface area contributed by atoms with Crippen LogP contribution in [-0.2, 0) is 10.0 Å². The van der Waals surface area contributed by atoms with Gasteiger partial charge in [-0.2, -0.15) is 4.72 Å². The van der Waals surface area contributed by atoms with Gasteiger partial charge in [0.1, 0.15) is 10.6 Å². The van der Waals surface area contributed by atoms with E-state index in [9.17, 15) is 13.2 Å². The molecular weight excluding hydrogens is 256 g/mol. The molecule has 6 nitrogen and oxygen atoms in total. The third kappa shape index (κ3) is 2.39. The van der Waals surface area contributed by atoms with E-state index >= 15 is 0 Å². The van der Waals surface area contributed by atoms with Crippen LogP contribution in [0.4, 0.5) is 0 Å². The van der Waals surface area contributed by atoms with Crippen LogP contribution in [0.15, 0.2) is 17.2 Å². The Kier molecular flexibility index (Phi) is 3.15. The van der Waals surface area contributed by atoms with Crippen LogP contribution in [0, 0.1) is 12.3 Å². The Morgan fingerprint density at radius 2 is 2.28 bits per heavy atom. The van der Waals surface area contributed by atoms with Crippen molar-refractivity contribution in [3.8, 4) is 12.3 Å². The van der Waals surface area contributed by atoms with Crippen molar-refractivity contribution in [2.45, 2.75) is 23.8 Å². The lowest BCUT2D eigenvalue weighted by Crippen LogP contribution is -2.23. The van der Waals surface area contributed by atoms with Gasteiger partial charge in [-0.3, -0.25) is 0 Å². The molecule has 0 aliphatic heterocycles. The van der Waals surface area contributed by atoms with Crippen LogP contribution in [0.25, 0.3) is 0 Å². The zero-order chi connectivity index (χ0) is 13.3. The summed E-state index contributed by atoms with van der Waals surface area (Å²) in [5, 5.41) is 9.03. The van der Waals surface area contributed by atoms with Gasteiger partial charge in [-0.15, -0.1) is 6.42 Å².